The summed E-state index contributed by atoms with van der Waals surface area (Å²) >= 11 is 0. The number of fused-ring (bicyclic) bond motifs is 1. The van der Waals surface area contributed by atoms with Gasteiger partial charge in [0.15, 0.2) is 17.5 Å². The van der Waals surface area contributed by atoms with Crippen LogP contribution in [-0.2, 0) is 0 Å². The van der Waals surface area contributed by atoms with Gasteiger partial charge in [-0.3, -0.25) is 0 Å². The van der Waals surface area contributed by atoms with Gasteiger partial charge in [0.25, 0.3) is 0 Å². The number of aromatic nitrogens is 3. The largest absolute Gasteiger partial charge is 0.208 e. The lowest BCUT2D eigenvalue weighted by Crippen LogP contribution is -2.00. The first-order chi connectivity index (χ1) is 20.8. The summed E-state index contributed by atoms with van der Waals surface area (Å²) in [6, 6.07) is 51.1. The Morgan fingerprint density at radius 3 is 1.40 bits per heavy atom. The van der Waals surface area contributed by atoms with E-state index in [0.717, 1.165) is 49.7 Å². The number of nitriles is 1. The summed E-state index contributed by atoms with van der Waals surface area (Å²) in [5.41, 5.74) is 7.79. The number of hydrogen-bond donors (Lipinski definition) is 0. The molecule has 196 valence electrons. The van der Waals surface area contributed by atoms with Gasteiger partial charge < -0.3 is 0 Å². The summed E-state index contributed by atoms with van der Waals surface area (Å²) in [4.78, 5) is 14.6. The van der Waals surface area contributed by atoms with E-state index in [1.807, 2.05) is 78.9 Å². The van der Waals surface area contributed by atoms with Crippen molar-refractivity contribution in [2.24, 2.45) is 0 Å². The van der Waals surface area contributed by atoms with E-state index in [4.69, 9.17) is 15.0 Å². The SMILES string of the molecule is N#Cc1cccc(-c2cccc3cccc(-c4ccc(-c5nc(-c6ccccc6)nc(-c6ccccc6)n5)cc4)c23)c1. The highest BCUT2D eigenvalue weighted by atomic mass is 15.0. The van der Waals surface area contributed by atoms with Crippen LogP contribution in [0.2, 0.25) is 0 Å². The number of benzene rings is 6. The van der Waals surface area contributed by atoms with Gasteiger partial charge in [0.2, 0.25) is 0 Å². The number of hydrogen-bond acceptors (Lipinski definition) is 4. The Bertz CT molecular complexity index is 2010. The minimum absolute atomic E-state index is 0.626. The molecule has 0 saturated carbocycles. The predicted octanol–water partition coefficient (Wildman–Crippen LogP) is 9.23. The molecular formula is C38H24N4. The number of rotatable bonds is 5. The van der Waals surface area contributed by atoms with Crippen molar-refractivity contribution in [1.82, 2.24) is 15.0 Å². The van der Waals surface area contributed by atoms with Gasteiger partial charge in [-0.2, -0.15) is 5.26 Å². The Labute approximate surface area is 244 Å². The predicted molar refractivity (Wildman–Crippen MR) is 169 cm³/mol. The molecular weight excluding hydrogens is 512 g/mol. The second kappa shape index (κ2) is 10.9. The number of nitrogens with zero attached hydrogens (tertiary/aromatic N) is 4. The van der Waals surface area contributed by atoms with E-state index in [1.165, 1.54) is 0 Å². The van der Waals surface area contributed by atoms with E-state index in [9.17, 15) is 5.26 Å². The molecule has 7 aromatic rings. The molecule has 0 spiro atoms. The summed E-state index contributed by atoms with van der Waals surface area (Å²) in [5.74, 6) is 1.91. The highest BCUT2D eigenvalue weighted by Crippen LogP contribution is 2.37. The quantitative estimate of drug-likeness (QED) is 0.220. The van der Waals surface area contributed by atoms with Gasteiger partial charge in [-0.15, -0.1) is 0 Å². The molecule has 0 amide bonds. The molecule has 0 aliphatic heterocycles. The van der Waals surface area contributed by atoms with E-state index >= 15 is 0 Å². The zero-order valence-corrected chi connectivity index (χ0v) is 22.6. The zero-order chi connectivity index (χ0) is 28.3. The molecule has 4 nitrogen and oxygen atoms in total. The van der Waals surface area contributed by atoms with E-state index in [2.05, 4.69) is 72.8 Å². The highest BCUT2D eigenvalue weighted by Gasteiger charge is 2.14. The van der Waals surface area contributed by atoms with Crippen LogP contribution in [0, 0.1) is 11.3 Å². The Morgan fingerprint density at radius 2 is 0.857 bits per heavy atom. The minimum Gasteiger partial charge on any atom is -0.208 e. The first-order valence-corrected chi connectivity index (χ1v) is 13.8. The molecule has 0 aliphatic carbocycles. The molecule has 0 saturated heterocycles. The normalized spacial score (nSPS) is 10.8. The Hall–Kier alpha value is -5.92. The summed E-state index contributed by atoms with van der Waals surface area (Å²) in [6.45, 7) is 0. The van der Waals surface area contributed by atoms with E-state index in [0.29, 0.717) is 23.0 Å². The fourth-order valence-corrected chi connectivity index (χ4v) is 5.31. The van der Waals surface area contributed by atoms with Crippen molar-refractivity contribution in [1.29, 1.82) is 5.26 Å². The maximum Gasteiger partial charge on any atom is 0.164 e. The molecule has 6 aromatic carbocycles. The molecule has 1 heterocycles. The molecule has 42 heavy (non-hydrogen) atoms. The van der Waals surface area contributed by atoms with Crippen LogP contribution in [0.4, 0.5) is 0 Å². The van der Waals surface area contributed by atoms with Gasteiger partial charge in [-0.25, -0.2) is 15.0 Å². The van der Waals surface area contributed by atoms with Crippen molar-refractivity contribution in [2.75, 3.05) is 0 Å². The lowest BCUT2D eigenvalue weighted by Gasteiger charge is -2.13. The fourth-order valence-electron chi connectivity index (χ4n) is 5.31. The molecule has 1 aromatic heterocycles. The van der Waals surface area contributed by atoms with Gasteiger partial charge in [0.1, 0.15) is 0 Å². The van der Waals surface area contributed by atoms with Crippen LogP contribution >= 0.6 is 0 Å². The molecule has 0 fully saturated rings. The summed E-state index contributed by atoms with van der Waals surface area (Å²) in [6.07, 6.45) is 0. The summed E-state index contributed by atoms with van der Waals surface area (Å²) in [5, 5.41) is 11.8. The monoisotopic (exact) mass is 536 g/mol. The van der Waals surface area contributed by atoms with Crippen molar-refractivity contribution in [3.05, 3.63) is 151 Å². The first-order valence-electron chi connectivity index (χ1n) is 13.8. The zero-order valence-electron chi connectivity index (χ0n) is 22.6. The third kappa shape index (κ3) is 4.81. The van der Waals surface area contributed by atoms with Gasteiger partial charge in [0, 0.05) is 16.7 Å². The van der Waals surface area contributed by atoms with Gasteiger partial charge >= 0.3 is 0 Å². The van der Waals surface area contributed by atoms with E-state index in [-0.39, 0.29) is 0 Å². The second-order valence-electron chi connectivity index (χ2n) is 10.0. The van der Waals surface area contributed by atoms with Crippen LogP contribution in [0.5, 0.6) is 0 Å². The highest BCUT2D eigenvalue weighted by molar-refractivity contribution is 6.06. The lowest BCUT2D eigenvalue weighted by atomic mass is 9.91. The van der Waals surface area contributed by atoms with Gasteiger partial charge in [0.05, 0.1) is 11.6 Å². The fraction of sp³-hybridized carbons (Fsp3) is 0. The lowest BCUT2D eigenvalue weighted by molar-refractivity contribution is 1.07. The van der Waals surface area contributed by atoms with Crippen LogP contribution in [0.3, 0.4) is 0 Å². The van der Waals surface area contributed by atoms with Crippen molar-refractivity contribution < 1.29 is 0 Å². The molecule has 0 aliphatic rings. The van der Waals surface area contributed by atoms with Gasteiger partial charge in [-0.1, -0.05) is 133 Å². The van der Waals surface area contributed by atoms with E-state index < -0.39 is 0 Å². The first kappa shape index (κ1) is 25.1. The Morgan fingerprint density at radius 1 is 0.405 bits per heavy atom. The molecule has 0 atom stereocenters. The van der Waals surface area contributed by atoms with Crippen molar-refractivity contribution in [3.8, 4) is 62.5 Å². The summed E-state index contributed by atoms with van der Waals surface area (Å²) < 4.78 is 0. The smallest absolute Gasteiger partial charge is 0.164 e. The van der Waals surface area contributed by atoms with Crippen molar-refractivity contribution in [3.63, 3.8) is 0 Å². The van der Waals surface area contributed by atoms with E-state index in [1.54, 1.807) is 0 Å². The van der Waals surface area contributed by atoms with Gasteiger partial charge in [-0.05, 0) is 45.2 Å². The molecule has 0 N–H and O–H groups in total. The standard InChI is InChI=1S/C38H24N4/c39-25-26-10-7-17-32(24-26)34-19-9-16-28-15-8-18-33(35(28)34)27-20-22-31(23-21-27)38-41-36(29-11-3-1-4-12-29)40-37(42-38)30-13-5-2-6-14-30/h1-24H. The molecule has 4 heteroatoms. The average Bonchev–Trinajstić information content (AvgIpc) is 3.08. The van der Waals surface area contributed by atoms with Crippen LogP contribution in [-0.4, -0.2) is 15.0 Å². The van der Waals surface area contributed by atoms with Crippen LogP contribution in [0.15, 0.2) is 146 Å². The topological polar surface area (TPSA) is 62.5 Å². The average molecular weight is 537 g/mol. The third-order valence-electron chi connectivity index (χ3n) is 7.36. The Kier molecular flexibility index (Phi) is 6.52. The van der Waals surface area contributed by atoms with Crippen LogP contribution in [0.25, 0.3) is 67.2 Å². The third-order valence-corrected chi connectivity index (χ3v) is 7.36. The summed E-state index contributed by atoms with van der Waals surface area (Å²) in [7, 11) is 0. The second-order valence-corrected chi connectivity index (χ2v) is 10.0. The maximum atomic E-state index is 9.47. The Balaban J connectivity index is 1.34. The van der Waals surface area contributed by atoms with Crippen molar-refractivity contribution >= 4 is 10.8 Å². The molecule has 7 rings (SSSR count). The van der Waals surface area contributed by atoms with Crippen LogP contribution < -0.4 is 0 Å². The molecule has 0 radical (unpaired) electrons. The van der Waals surface area contributed by atoms with Crippen molar-refractivity contribution in [2.45, 2.75) is 0 Å². The maximum absolute atomic E-state index is 9.47. The van der Waals surface area contributed by atoms with Crippen LogP contribution in [0.1, 0.15) is 5.56 Å². The minimum atomic E-state index is 0.626. The molecule has 0 bridgehead atoms. The molecule has 0 unspecified atom stereocenters.